The molecule has 0 saturated carbocycles. The van der Waals surface area contributed by atoms with Crippen LogP contribution in [0.5, 0.6) is 0 Å². The Morgan fingerprint density at radius 1 is 1.20 bits per heavy atom. The monoisotopic (exact) mass is 359 g/mol. The van der Waals surface area contributed by atoms with Crippen molar-refractivity contribution in [2.75, 3.05) is 19.6 Å². The number of hydrogen-bond acceptors (Lipinski definition) is 5. The fraction of sp³-hybridized carbons (Fsp3) is 0.529. The maximum atomic E-state index is 13.1. The number of amides is 2. The molecule has 7 nitrogen and oxygen atoms in total. The van der Waals surface area contributed by atoms with E-state index in [1.54, 1.807) is 16.2 Å². The van der Waals surface area contributed by atoms with Gasteiger partial charge in [-0.1, -0.05) is 6.07 Å². The van der Waals surface area contributed by atoms with Crippen LogP contribution >= 0.6 is 11.3 Å². The van der Waals surface area contributed by atoms with E-state index in [-0.39, 0.29) is 11.8 Å². The molecule has 4 heterocycles. The van der Waals surface area contributed by atoms with Crippen LogP contribution in [0.3, 0.4) is 0 Å². The minimum Gasteiger partial charge on any atom is -0.340 e. The zero-order valence-electron chi connectivity index (χ0n) is 14.2. The third-order valence-corrected chi connectivity index (χ3v) is 5.84. The first-order valence-corrected chi connectivity index (χ1v) is 9.53. The Labute approximate surface area is 150 Å². The lowest BCUT2D eigenvalue weighted by Crippen LogP contribution is -2.50. The van der Waals surface area contributed by atoms with E-state index >= 15 is 0 Å². The molecule has 2 aliphatic rings. The SMILES string of the molecule is Cc1nnc2n1CCN(C(=O)Cc1cccs1)C2C(=O)N1CCCC1. The Hall–Kier alpha value is -2.22. The molecular weight excluding hydrogens is 338 g/mol. The van der Waals surface area contributed by atoms with Crippen molar-refractivity contribution in [3.63, 3.8) is 0 Å². The number of aryl methyl sites for hydroxylation is 1. The fourth-order valence-electron chi connectivity index (χ4n) is 3.64. The smallest absolute Gasteiger partial charge is 0.253 e. The first-order valence-electron chi connectivity index (χ1n) is 8.65. The second-order valence-corrected chi connectivity index (χ2v) is 7.57. The van der Waals surface area contributed by atoms with Crippen molar-refractivity contribution in [3.05, 3.63) is 34.0 Å². The summed E-state index contributed by atoms with van der Waals surface area (Å²) in [5.74, 6) is 1.34. The first-order chi connectivity index (χ1) is 12.1. The highest BCUT2D eigenvalue weighted by molar-refractivity contribution is 7.10. The van der Waals surface area contributed by atoms with Gasteiger partial charge in [0, 0.05) is 31.1 Å². The minimum atomic E-state index is -0.652. The highest BCUT2D eigenvalue weighted by atomic mass is 32.1. The number of hydrogen-bond donors (Lipinski definition) is 0. The number of thiophene rings is 1. The Morgan fingerprint density at radius 3 is 2.72 bits per heavy atom. The molecule has 2 amide bonds. The Morgan fingerprint density at radius 2 is 2.00 bits per heavy atom. The van der Waals surface area contributed by atoms with Gasteiger partial charge in [-0.3, -0.25) is 9.59 Å². The highest BCUT2D eigenvalue weighted by Crippen LogP contribution is 2.29. The van der Waals surface area contributed by atoms with Crippen LogP contribution in [0.15, 0.2) is 17.5 Å². The van der Waals surface area contributed by atoms with Crippen molar-refractivity contribution in [2.24, 2.45) is 0 Å². The Balaban J connectivity index is 1.64. The molecule has 25 heavy (non-hydrogen) atoms. The zero-order valence-corrected chi connectivity index (χ0v) is 15.0. The standard InChI is InChI=1S/C17H21N5O2S/c1-12-18-19-16-15(17(24)20-6-2-3-7-20)22(9-8-21(12)16)14(23)11-13-5-4-10-25-13/h4-5,10,15H,2-3,6-9,11H2,1H3. The van der Waals surface area contributed by atoms with E-state index in [0.717, 1.165) is 36.6 Å². The third kappa shape index (κ3) is 2.95. The summed E-state index contributed by atoms with van der Waals surface area (Å²) in [6.45, 7) is 4.55. The van der Waals surface area contributed by atoms with Crippen LogP contribution in [0.2, 0.25) is 0 Å². The molecule has 4 rings (SSSR count). The molecular formula is C17H21N5O2S. The van der Waals surface area contributed by atoms with Crippen molar-refractivity contribution in [3.8, 4) is 0 Å². The molecule has 0 spiro atoms. The molecule has 1 fully saturated rings. The van der Waals surface area contributed by atoms with Gasteiger partial charge in [0.05, 0.1) is 6.42 Å². The van der Waals surface area contributed by atoms with E-state index in [1.807, 2.05) is 33.9 Å². The quantitative estimate of drug-likeness (QED) is 0.830. The van der Waals surface area contributed by atoms with Crippen LogP contribution in [0.1, 0.15) is 35.4 Å². The molecule has 2 aliphatic heterocycles. The number of rotatable bonds is 3. The van der Waals surface area contributed by atoms with Crippen molar-refractivity contribution < 1.29 is 9.59 Å². The number of carbonyl (C=O) groups excluding carboxylic acids is 2. The lowest BCUT2D eigenvalue weighted by Gasteiger charge is -2.36. The van der Waals surface area contributed by atoms with E-state index in [4.69, 9.17) is 0 Å². The van der Waals surface area contributed by atoms with Gasteiger partial charge in [0.1, 0.15) is 5.82 Å². The summed E-state index contributed by atoms with van der Waals surface area (Å²) in [5.41, 5.74) is 0. The maximum Gasteiger partial charge on any atom is 0.253 e. The number of likely N-dealkylation sites (tertiary alicyclic amines) is 1. The lowest BCUT2D eigenvalue weighted by molar-refractivity contribution is -0.147. The number of fused-ring (bicyclic) bond motifs is 1. The molecule has 2 aromatic rings. The summed E-state index contributed by atoms with van der Waals surface area (Å²) in [5, 5.41) is 10.3. The van der Waals surface area contributed by atoms with Crippen LogP contribution in [-0.2, 0) is 22.6 Å². The van der Waals surface area contributed by atoms with E-state index in [9.17, 15) is 9.59 Å². The number of aromatic nitrogens is 3. The predicted molar refractivity (Wildman–Crippen MR) is 93.1 cm³/mol. The molecule has 1 unspecified atom stereocenters. The predicted octanol–water partition coefficient (Wildman–Crippen LogP) is 1.40. The van der Waals surface area contributed by atoms with Gasteiger partial charge in [0.25, 0.3) is 5.91 Å². The van der Waals surface area contributed by atoms with Gasteiger partial charge in [-0.25, -0.2) is 0 Å². The summed E-state index contributed by atoms with van der Waals surface area (Å²) in [6, 6.07) is 3.24. The molecule has 0 aromatic carbocycles. The van der Waals surface area contributed by atoms with Crippen molar-refractivity contribution in [1.29, 1.82) is 0 Å². The second kappa shape index (κ2) is 6.59. The summed E-state index contributed by atoms with van der Waals surface area (Å²) in [7, 11) is 0. The Bertz CT molecular complexity index is 779. The van der Waals surface area contributed by atoms with Crippen LogP contribution in [0.4, 0.5) is 0 Å². The van der Waals surface area contributed by atoms with Crippen LogP contribution in [0.25, 0.3) is 0 Å². The van der Waals surface area contributed by atoms with E-state index < -0.39 is 6.04 Å². The lowest BCUT2D eigenvalue weighted by atomic mass is 10.1. The number of carbonyl (C=O) groups is 2. The second-order valence-electron chi connectivity index (χ2n) is 6.54. The maximum absolute atomic E-state index is 13.1. The normalized spacial score (nSPS) is 20.0. The molecule has 1 atom stereocenters. The minimum absolute atomic E-state index is 0.0214. The molecule has 0 N–H and O–H groups in total. The van der Waals surface area contributed by atoms with Gasteiger partial charge in [0.2, 0.25) is 5.91 Å². The van der Waals surface area contributed by atoms with E-state index in [2.05, 4.69) is 10.2 Å². The van der Waals surface area contributed by atoms with Crippen molar-refractivity contribution in [2.45, 2.75) is 38.8 Å². The van der Waals surface area contributed by atoms with Crippen molar-refractivity contribution >= 4 is 23.2 Å². The van der Waals surface area contributed by atoms with E-state index in [0.29, 0.717) is 25.3 Å². The fourth-order valence-corrected chi connectivity index (χ4v) is 4.33. The van der Waals surface area contributed by atoms with Gasteiger partial charge >= 0.3 is 0 Å². The van der Waals surface area contributed by atoms with Gasteiger partial charge in [-0.15, -0.1) is 21.5 Å². The average molecular weight is 359 g/mol. The van der Waals surface area contributed by atoms with Crippen molar-refractivity contribution in [1.82, 2.24) is 24.6 Å². The molecule has 1 saturated heterocycles. The third-order valence-electron chi connectivity index (χ3n) is 4.96. The zero-order chi connectivity index (χ0) is 17.4. The first kappa shape index (κ1) is 16.3. The summed E-state index contributed by atoms with van der Waals surface area (Å²) in [6.07, 6.45) is 2.37. The molecule has 0 radical (unpaired) electrons. The van der Waals surface area contributed by atoms with Gasteiger partial charge in [0.15, 0.2) is 11.9 Å². The molecule has 8 heteroatoms. The van der Waals surface area contributed by atoms with Crippen LogP contribution in [-0.4, -0.2) is 56.0 Å². The summed E-state index contributed by atoms with van der Waals surface area (Å²) >= 11 is 1.56. The van der Waals surface area contributed by atoms with Gasteiger partial charge < -0.3 is 14.4 Å². The topological polar surface area (TPSA) is 71.3 Å². The summed E-state index contributed by atoms with van der Waals surface area (Å²) < 4.78 is 1.97. The summed E-state index contributed by atoms with van der Waals surface area (Å²) in [4.78, 5) is 30.6. The molecule has 0 aliphatic carbocycles. The molecule has 2 aromatic heterocycles. The van der Waals surface area contributed by atoms with Crippen LogP contribution < -0.4 is 0 Å². The number of nitrogens with zero attached hydrogens (tertiary/aromatic N) is 5. The largest absolute Gasteiger partial charge is 0.340 e. The van der Waals surface area contributed by atoms with Gasteiger partial charge in [-0.2, -0.15) is 0 Å². The van der Waals surface area contributed by atoms with Crippen LogP contribution in [0, 0.1) is 6.92 Å². The molecule has 132 valence electrons. The Kier molecular flexibility index (Phi) is 4.29. The highest BCUT2D eigenvalue weighted by Gasteiger charge is 2.41. The molecule has 0 bridgehead atoms. The average Bonchev–Trinajstić information content (AvgIpc) is 3.35. The van der Waals surface area contributed by atoms with Gasteiger partial charge in [-0.05, 0) is 31.2 Å². The van der Waals surface area contributed by atoms with E-state index in [1.165, 1.54) is 0 Å².